The number of nitrogens with zero attached hydrogens (tertiary/aromatic N) is 1. The molecular formula is C42H39NO5. The molecule has 5 aromatic carbocycles. The minimum Gasteiger partial charge on any atom is -0.494 e. The van der Waals surface area contributed by atoms with Gasteiger partial charge in [-0.3, -0.25) is 0 Å². The van der Waals surface area contributed by atoms with Gasteiger partial charge in [0.1, 0.15) is 17.2 Å². The van der Waals surface area contributed by atoms with Gasteiger partial charge in [0.05, 0.1) is 6.61 Å². The lowest BCUT2D eigenvalue weighted by molar-refractivity contribution is -0.129. The largest absolute Gasteiger partial charge is 0.494 e. The van der Waals surface area contributed by atoms with Crippen LogP contribution in [0.25, 0.3) is 11.1 Å². The smallest absolute Gasteiger partial charge is 0.335 e. The normalized spacial score (nSPS) is 10.6. The summed E-state index contributed by atoms with van der Waals surface area (Å²) < 4.78 is 16.3. The zero-order valence-electron chi connectivity index (χ0n) is 27.6. The molecule has 0 fully saturated rings. The molecule has 242 valence electrons. The van der Waals surface area contributed by atoms with Gasteiger partial charge in [-0.15, -0.1) is 0 Å². The second-order valence-corrected chi connectivity index (χ2v) is 11.3. The van der Waals surface area contributed by atoms with Crippen molar-refractivity contribution in [3.8, 4) is 28.4 Å². The van der Waals surface area contributed by atoms with E-state index in [1.807, 2.05) is 19.1 Å². The first-order chi connectivity index (χ1) is 23.3. The van der Waals surface area contributed by atoms with Crippen LogP contribution in [0.4, 0.5) is 17.1 Å². The number of benzene rings is 5. The molecule has 0 amide bonds. The van der Waals surface area contributed by atoms with Crippen molar-refractivity contribution in [3.05, 3.63) is 157 Å². The Labute approximate surface area is 282 Å². The first-order valence-corrected chi connectivity index (χ1v) is 15.9. The summed E-state index contributed by atoms with van der Waals surface area (Å²) in [7, 11) is 0. The Bertz CT molecular complexity index is 1870. The second kappa shape index (κ2) is 15.6. The summed E-state index contributed by atoms with van der Waals surface area (Å²) >= 11 is 0. The molecule has 5 aromatic rings. The summed E-state index contributed by atoms with van der Waals surface area (Å²) in [5.41, 5.74) is 9.92. The van der Waals surface area contributed by atoms with E-state index in [9.17, 15) is 9.59 Å². The summed E-state index contributed by atoms with van der Waals surface area (Å²) in [5.74, 6) is 0.224. The van der Waals surface area contributed by atoms with Crippen LogP contribution in [0.3, 0.4) is 0 Å². The molecule has 0 aliphatic rings. The number of carbonyl (C=O) groups is 2. The molecular weight excluding hydrogens is 598 g/mol. The van der Waals surface area contributed by atoms with Gasteiger partial charge in [0.2, 0.25) is 0 Å². The highest BCUT2D eigenvalue weighted by Crippen LogP contribution is 2.37. The number of carbonyl (C=O) groups excluding carboxylic acids is 2. The fourth-order valence-corrected chi connectivity index (χ4v) is 5.33. The SMILES string of the molecule is C=CC(=O)Oc1cc(CCc2ccc(-c3ccc(N(c4ccc(OCC)cc4)c4ccc(C)c(C)c4)cc3)cc2)cc(OC(=O)C=C)c1. The maximum absolute atomic E-state index is 11.8. The standard InChI is InChI=1S/C42H39NO5/c1-6-41(44)47-39-26-32(27-40(28-39)48-42(45)7-2)11-10-31-12-14-33(15-13-31)34-16-19-35(20-17-34)43(37-18-9-29(4)30(5)25-37)36-21-23-38(24-22-36)46-8-3/h6-7,9,12-28H,1-2,8,10-11H2,3-5H3. The number of hydrogen-bond acceptors (Lipinski definition) is 6. The van der Waals surface area contributed by atoms with Crippen molar-refractivity contribution in [2.45, 2.75) is 33.6 Å². The van der Waals surface area contributed by atoms with Crippen LogP contribution in [-0.2, 0) is 22.4 Å². The number of hydrogen-bond donors (Lipinski definition) is 0. The Morgan fingerprint density at radius 3 is 1.60 bits per heavy atom. The van der Waals surface area contributed by atoms with Gasteiger partial charge >= 0.3 is 11.9 Å². The number of esters is 2. The minimum absolute atomic E-state index is 0.279. The molecule has 6 heteroatoms. The third-order valence-electron chi connectivity index (χ3n) is 7.98. The van der Waals surface area contributed by atoms with Gasteiger partial charge in [-0.1, -0.05) is 55.6 Å². The van der Waals surface area contributed by atoms with Crippen molar-refractivity contribution in [2.24, 2.45) is 0 Å². The zero-order valence-corrected chi connectivity index (χ0v) is 27.6. The Balaban J connectivity index is 1.33. The van der Waals surface area contributed by atoms with E-state index in [4.69, 9.17) is 14.2 Å². The molecule has 0 spiro atoms. The van der Waals surface area contributed by atoms with E-state index >= 15 is 0 Å². The van der Waals surface area contributed by atoms with Gasteiger partial charge in [-0.25, -0.2) is 9.59 Å². The Morgan fingerprint density at radius 1 is 0.583 bits per heavy atom. The van der Waals surface area contributed by atoms with Gasteiger partial charge in [0.25, 0.3) is 0 Å². The van der Waals surface area contributed by atoms with Crippen LogP contribution >= 0.6 is 0 Å². The number of rotatable bonds is 13. The van der Waals surface area contributed by atoms with Gasteiger partial charge < -0.3 is 19.1 Å². The predicted octanol–water partition coefficient (Wildman–Crippen LogP) is 9.81. The van der Waals surface area contributed by atoms with Crippen molar-refractivity contribution in [2.75, 3.05) is 11.5 Å². The number of anilines is 3. The molecule has 5 rings (SSSR count). The fourth-order valence-electron chi connectivity index (χ4n) is 5.33. The van der Waals surface area contributed by atoms with Crippen LogP contribution in [0.15, 0.2) is 135 Å². The third-order valence-corrected chi connectivity index (χ3v) is 7.98. The van der Waals surface area contributed by atoms with Crippen molar-refractivity contribution in [1.29, 1.82) is 0 Å². The molecule has 0 aliphatic heterocycles. The predicted molar refractivity (Wildman–Crippen MR) is 193 cm³/mol. The molecule has 48 heavy (non-hydrogen) atoms. The molecule has 0 saturated carbocycles. The molecule has 0 N–H and O–H groups in total. The molecule has 0 aromatic heterocycles. The monoisotopic (exact) mass is 637 g/mol. The maximum atomic E-state index is 11.8. The maximum Gasteiger partial charge on any atom is 0.335 e. The summed E-state index contributed by atoms with van der Waals surface area (Å²) in [4.78, 5) is 25.8. The van der Waals surface area contributed by atoms with E-state index < -0.39 is 11.9 Å². The minimum atomic E-state index is -0.592. The van der Waals surface area contributed by atoms with Crippen LogP contribution in [0.5, 0.6) is 17.2 Å². The topological polar surface area (TPSA) is 65.1 Å². The van der Waals surface area contributed by atoms with Crippen molar-refractivity contribution < 1.29 is 23.8 Å². The lowest BCUT2D eigenvalue weighted by Gasteiger charge is -2.26. The third kappa shape index (κ3) is 8.47. The van der Waals surface area contributed by atoms with Crippen LogP contribution in [0.2, 0.25) is 0 Å². The number of aryl methyl sites for hydroxylation is 4. The van der Waals surface area contributed by atoms with Gasteiger partial charge in [-0.05, 0) is 128 Å². The second-order valence-electron chi connectivity index (χ2n) is 11.3. The summed E-state index contributed by atoms with van der Waals surface area (Å²) in [5, 5.41) is 0. The Hall–Kier alpha value is -5.88. The molecule has 0 saturated heterocycles. The van der Waals surface area contributed by atoms with E-state index in [-0.39, 0.29) is 11.5 Å². The highest BCUT2D eigenvalue weighted by Gasteiger charge is 2.14. The quantitative estimate of drug-likeness (QED) is 0.0728. The molecule has 0 unspecified atom stereocenters. The molecule has 0 heterocycles. The van der Waals surface area contributed by atoms with Gasteiger partial charge in [0.15, 0.2) is 0 Å². The van der Waals surface area contributed by atoms with Crippen LogP contribution in [-0.4, -0.2) is 18.5 Å². The van der Waals surface area contributed by atoms with E-state index in [0.29, 0.717) is 13.0 Å². The van der Waals surface area contributed by atoms with Crippen molar-refractivity contribution >= 4 is 29.0 Å². The van der Waals surface area contributed by atoms with E-state index in [2.05, 4.69) is 111 Å². The summed E-state index contributed by atoms with van der Waals surface area (Å²) in [6.07, 6.45) is 3.55. The molecule has 0 aliphatic carbocycles. The molecule has 0 atom stereocenters. The van der Waals surface area contributed by atoms with E-state index in [0.717, 1.165) is 63.6 Å². The Morgan fingerprint density at radius 2 is 1.08 bits per heavy atom. The fraction of sp³-hybridized carbons (Fsp3) is 0.143. The highest BCUT2D eigenvalue weighted by molar-refractivity contribution is 5.85. The Kier molecular flexibility index (Phi) is 10.9. The van der Waals surface area contributed by atoms with Crippen molar-refractivity contribution in [3.63, 3.8) is 0 Å². The van der Waals surface area contributed by atoms with Gasteiger partial charge in [0, 0.05) is 35.3 Å². The van der Waals surface area contributed by atoms with Crippen LogP contribution in [0.1, 0.15) is 29.2 Å². The van der Waals surface area contributed by atoms with E-state index in [1.165, 1.54) is 17.2 Å². The number of ether oxygens (including phenoxy) is 3. The van der Waals surface area contributed by atoms with Gasteiger partial charge in [-0.2, -0.15) is 0 Å². The summed E-state index contributed by atoms with van der Waals surface area (Å²) in [6, 6.07) is 36.8. The van der Waals surface area contributed by atoms with Crippen molar-refractivity contribution in [1.82, 2.24) is 0 Å². The van der Waals surface area contributed by atoms with E-state index in [1.54, 1.807) is 12.1 Å². The molecule has 6 nitrogen and oxygen atoms in total. The average molecular weight is 638 g/mol. The summed E-state index contributed by atoms with van der Waals surface area (Å²) in [6.45, 7) is 13.8. The first-order valence-electron chi connectivity index (χ1n) is 15.9. The lowest BCUT2D eigenvalue weighted by atomic mass is 9.99. The highest BCUT2D eigenvalue weighted by atomic mass is 16.5. The molecule has 0 bridgehead atoms. The van der Waals surface area contributed by atoms with Crippen LogP contribution < -0.4 is 19.1 Å². The molecule has 0 radical (unpaired) electrons. The zero-order chi connectivity index (χ0) is 34.0. The van der Waals surface area contributed by atoms with Crippen LogP contribution in [0, 0.1) is 13.8 Å². The first kappa shape index (κ1) is 33.5. The lowest BCUT2D eigenvalue weighted by Crippen LogP contribution is -2.10. The average Bonchev–Trinajstić information content (AvgIpc) is 3.10.